The van der Waals surface area contributed by atoms with E-state index in [4.69, 9.17) is 11.6 Å². The molecule has 0 radical (unpaired) electrons. The van der Waals surface area contributed by atoms with Crippen LogP contribution in [0.4, 0.5) is 5.82 Å². The standard InChI is InChI=1S/C10H12BrClN2/c1-7-4-8(11)5-13-10(7)14-3-2-9(12)6-14/h4-5,9H,2-3,6H2,1H3. The normalized spacial score (nSPS) is 21.6. The maximum atomic E-state index is 6.06. The van der Waals surface area contributed by atoms with E-state index < -0.39 is 0 Å². The van der Waals surface area contributed by atoms with Crippen molar-refractivity contribution in [2.45, 2.75) is 18.7 Å². The van der Waals surface area contributed by atoms with Crippen LogP contribution in [0, 0.1) is 6.92 Å². The number of anilines is 1. The molecule has 0 N–H and O–H groups in total. The molecule has 0 aromatic carbocycles. The van der Waals surface area contributed by atoms with Crippen LogP contribution in [0.3, 0.4) is 0 Å². The Bertz CT molecular complexity index is 343. The quantitative estimate of drug-likeness (QED) is 0.733. The number of aromatic nitrogens is 1. The summed E-state index contributed by atoms with van der Waals surface area (Å²) >= 11 is 9.47. The van der Waals surface area contributed by atoms with Gasteiger partial charge in [-0.3, -0.25) is 0 Å². The first-order chi connectivity index (χ1) is 6.66. The summed E-state index contributed by atoms with van der Waals surface area (Å²) in [4.78, 5) is 6.66. The number of nitrogens with zero attached hydrogens (tertiary/aromatic N) is 2. The van der Waals surface area contributed by atoms with Gasteiger partial charge in [0.05, 0.1) is 5.38 Å². The van der Waals surface area contributed by atoms with Crippen LogP contribution in [-0.4, -0.2) is 23.5 Å². The predicted octanol–water partition coefficient (Wildman–Crippen LogP) is 2.97. The molecule has 1 aromatic heterocycles. The van der Waals surface area contributed by atoms with E-state index in [1.807, 2.05) is 6.20 Å². The summed E-state index contributed by atoms with van der Waals surface area (Å²) in [7, 11) is 0. The molecular formula is C10H12BrClN2. The van der Waals surface area contributed by atoms with Gasteiger partial charge in [-0.2, -0.15) is 0 Å². The van der Waals surface area contributed by atoms with Gasteiger partial charge in [0.25, 0.3) is 0 Å². The molecule has 1 saturated heterocycles. The van der Waals surface area contributed by atoms with Gasteiger partial charge in [0.1, 0.15) is 5.82 Å². The Balaban J connectivity index is 2.24. The van der Waals surface area contributed by atoms with E-state index in [1.165, 1.54) is 5.56 Å². The average molecular weight is 276 g/mol. The Morgan fingerprint density at radius 2 is 2.43 bits per heavy atom. The first-order valence-electron chi connectivity index (χ1n) is 4.68. The lowest BCUT2D eigenvalue weighted by molar-refractivity contribution is 0.927. The number of hydrogen-bond donors (Lipinski definition) is 0. The van der Waals surface area contributed by atoms with Crippen LogP contribution in [0.25, 0.3) is 0 Å². The predicted molar refractivity (Wildman–Crippen MR) is 63.1 cm³/mol. The number of hydrogen-bond acceptors (Lipinski definition) is 2. The number of halogens is 2. The molecule has 2 heterocycles. The maximum absolute atomic E-state index is 6.06. The largest absolute Gasteiger partial charge is 0.355 e. The van der Waals surface area contributed by atoms with Crippen molar-refractivity contribution >= 4 is 33.3 Å². The Labute approximate surface area is 97.4 Å². The second-order valence-corrected chi connectivity index (χ2v) is 5.16. The van der Waals surface area contributed by atoms with Crippen molar-refractivity contribution in [2.75, 3.05) is 18.0 Å². The highest BCUT2D eigenvalue weighted by molar-refractivity contribution is 9.10. The number of rotatable bonds is 1. The zero-order chi connectivity index (χ0) is 10.1. The fraction of sp³-hybridized carbons (Fsp3) is 0.500. The zero-order valence-electron chi connectivity index (χ0n) is 8.00. The molecule has 2 nitrogen and oxygen atoms in total. The summed E-state index contributed by atoms with van der Waals surface area (Å²) in [5.74, 6) is 1.07. The van der Waals surface area contributed by atoms with E-state index in [2.05, 4.69) is 38.8 Å². The van der Waals surface area contributed by atoms with Crippen LogP contribution < -0.4 is 4.90 Å². The minimum absolute atomic E-state index is 0.278. The van der Waals surface area contributed by atoms with Crippen LogP contribution in [0.2, 0.25) is 0 Å². The summed E-state index contributed by atoms with van der Waals surface area (Å²) < 4.78 is 1.03. The highest BCUT2D eigenvalue weighted by Crippen LogP contribution is 2.25. The van der Waals surface area contributed by atoms with Gasteiger partial charge < -0.3 is 4.90 Å². The molecule has 1 fully saturated rings. The fourth-order valence-corrected chi connectivity index (χ4v) is 2.48. The van der Waals surface area contributed by atoms with E-state index in [9.17, 15) is 0 Å². The minimum Gasteiger partial charge on any atom is -0.355 e. The van der Waals surface area contributed by atoms with Crippen molar-refractivity contribution in [1.82, 2.24) is 4.98 Å². The van der Waals surface area contributed by atoms with Crippen LogP contribution in [-0.2, 0) is 0 Å². The van der Waals surface area contributed by atoms with Gasteiger partial charge in [-0.25, -0.2) is 4.98 Å². The molecule has 76 valence electrons. The van der Waals surface area contributed by atoms with E-state index in [0.717, 1.165) is 29.8 Å². The van der Waals surface area contributed by atoms with Crippen molar-refractivity contribution in [3.05, 3.63) is 22.3 Å². The third-order valence-corrected chi connectivity index (χ3v) is 3.24. The third-order valence-electron chi connectivity index (χ3n) is 2.45. The highest BCUT2D eigenvalue weighted by Gasteiger charge is 2.22. The maximum Gasteiger partial charge on any atom is 0.131 e. The van der Waals surface area contributed by atoms with Gasteiger partial charge in [0.2, 0.25) is 0 Å². The average Bonchev–Trinajstić information content (AvgIpc) is 2.51. The third kappa shape index (κ3) is 2.04. The Morgan fingerprint density at radius 3 is 3.00 bits per heavy atom. The zero-order valence-corrected chi connectivity index (χ0v) is 10.3. The van der Waals surface area contributed by atoms with Crippen molar-refractivity contribution in [3.8, 4) is 0 Å². The minimum atomic E-state index is 0.278. The first-order valence-corrected chi connectivity index (χ1v) is 5.91. The molecule has 1 aromatic rings. The number of alkyl halides is 1. The fourth-order valence-electron chi connectivity index (χ4n) is 1.77. The lowest BCUT2D eigenvalue weighted by atomic mass is 10.3. The Kier molecular flexibility index (Phi) is 2.98. The second kappa shape index (κ2) is 4.07. The van der Waals surface area contributed by atoms with Gasteiger partial charge in [0, 0.05) is 23.8 Å². The van der Waals surface area contributed by atoms with E-state index in [0.29, 0.717) is 0 Å². The molecule has 0 spiro atoms. The number of aryl methyl sites for hydroxylation is 1. The van der Waals surface area contributed by atoms with E-state index >= 15 is 0 Å². The first kappa shape index (κ1) is 10.2. The lowest BCUT2D eigenvalue weighted by Crippen LogP contribution is -2.21. The Morgan fingerprint density at radius 1 is 1.64 bits per heavy atom. The van der Waals surface area contributed by atoms with Crippen molar-refractivity contribution in [3.63, 3.8) is 0 Å². The molecule has 0 saturated carbocycles. The molecule has 1 aliphatic heterocycles. The molecule has 0 bridgehead atoms. The molecule has 0 aliphatic carbocycles. The molecular weight excluding hydrogens is 263 g/mol. The van der Waals surface area contributed by atoms with Crippen molar-refractivity contribution < 1.29 is 0 Å². The van der Waals surface area contributed by atoms with Crippen molar-refractivity contribution in [2.24, 2.45) is 0 Å². The summed E-state index contributed by atoms with van der Waals surface area (Å²) in [5, 5.41) is 0.278. The lowest BCUT2D eigenvalue weighted by Gasteiger charge is -2.18. The summed E-state index contributed by atoms with van der Waals surface area (Å²) in [6.45, 7) is 4.01. The monoisotopic (exact) mass is 274 g/mol. The van der Waals surface area contributed by atoms with Gasteiger partial charge in [0.15, 0.2) is 0 Å². The van der Waals surface area contributed by atoms with Crippen LogP contribution >= 0.6 is 27.5 Å². The second-order valence-electron chi connectivity index (χ2n) is 3.63. The number of pyridine rings is 1. The molecule has 1 aliphatic rings. The molecule has 2 rings (SSSR count). The molecule has 4 heteroatoms. The molecule has 14 heavy (non-hydrogen) atoms. The SMILES string of the molecule is Cc1cc(Br)cnc1N1CCC(Cl)C1. The molecule has 0 amide bonds. The Hall–Kier alpha value is -0.280. The smallest absolute Gasteiger partial charge is 0.131 e. The van der Waals surface area contributed by atoms with Crippen LogP contribution in [0.1, 0.15) is 12.0 Å². The van der Waals surface area contributed by atoms with Crippen LogP contribution in [0.5, 0.6) is 0 Å². The van der Waals surface area contributed by atoms with Gasteiger partial charge in [-0.15, -0.1) is 11.6 Å². The van der Waals surface area contributed by atoms with Gasteiger partial charge in [-0.05, 0) is 40.9 Å². The highest BCUT2D eigenvalue weighted by atomic mass is 79.9. The summed E-state index contributed by atoms with van der Waals surface area (Å²) in [6.07, 6.45) is 2.89. The van der Waals surface area contributed by atoms with E-state index in [-0.39, 0.29) is 5.38 Å². The topological polar surface area (TPSA) is 16.1 Å². The summed E-state index contributed by atoms with van der Waals surface area (Å²) in [6, 6.07) is 2.09. The summed E-state index contributed by atoms with van der Waals surface area (Å²) in [5.41, 5.74) is 1.20. The molecule has 1 unspecified atom stereocenters. The van der Waals surface area contributed by atoms with Crippen LogP contribution in [0.15, 0.2) is 16.7 Å². The van der Waals surface area contributed by atoms with Crippen molar-refractivity contribution in [1.29, 1.82) is 0 Å². The van der Waals surface area contributed by atoms with Gasteiger partial charge >= 0.3 is 0 Å². The van der Waals surface area contributed by atoms with E-state index in [1.54, 1.807) is 0 Å². The molecule has 1 atom stereocenters. The van der Waals surface area contributed by atoms with Gasteiger partial charge in [-0.1, -0.05) is 0 Å².